The molecule has 0 radical (unpaired) electrons. The van der Waals surface area contributed by atoms with E-state index in [9.17, 15) is 8.42 Å². The highest BCUT2D eigenvalue weighted by atomic mass is 32.2. The summed E-state index contributed by atoms with van der Waals surface area (Å²) in [5.74, 6) is 0.334. The molecule has 18 heavy (non-hydrogen) atoms. The SMILES string of the molecule is CC(C)(C)c1c(C2COC2)cccc1S(C)(=O)=O. The molecular formula is C14H20O3S. The second-order valence-corrected chi connectivity index (χ2v) is 7.96. The topological polar surface area (TPSA) is 43.4 Å². The van der Waals surface area contributed by atoms with E-state index in [4.69, 9.17) is 4.74 Å². The standard InChI is InChI=1S/C14H20O3S/c1-14(2,3)13-11(10-8-17-9-10)6-5-7-12(13)18(4,15)16/h5-7,10H,8-9H2,1-4H3. The van der Waals surface area contributed by atoms with E-state index in [0.717, 1.165) is 11.1 Å². The number of benzene rings is 1. The first-order valence-corrected chi connectivity index (χ1v) is 8.01. The molecule has 1 fully saturated rings. The first kappa shape index (κ1) is 13.6. The minimum absolute atomic E-state index is 0.190. The molecule has 0 atom stereocenters. The molecule has 1 saturated heterocycles. The van der Waals surface area contributed by atoms with Gasteiger partial charge in [-0.3, -0.25) is 0 Å². The van der Waals surface area contributed by atoms with Gasteiger partial charge in [0.25, 0.3) is 0 Å². The van der Waals surface area contributed by atoms with Gasteiger partial charge in [0.2, 0.25) is 0 Å². The Balaban J connectivity index is 2.68. The van der Waals surface area contributed by atoms with Crippen molar-refractivity contribution in [2.24, 2.45) is 0 Å². The van der Waals surface area contributed by atoms with Crippen LogP contribution in [0.15, 0.2) is 23.1 Å². The minimum Gasteiger partial charge on any atom is -0.380 e. The summed E-state index contributed by atoms with van der Waals surface area (Å²) in [6.07, 6.45) is 1.28. The average molecular weight is 268 g/mol. The van der Waals surface area contributed by atoms with E-state index in [1.54, 1.807) is 6.07 Å². The van der Waals surface area contributed by atoms with Crippen molar-refractivity contribution < 1.29 is 13.2 Å². The van der Waals surface area contributed by atoms with Gasteiger partial charge in [-0.05, 0) is 22.6 Å². The van der Waals surface area contributed by atoms with Gasteiger partial charge in [0, 0.05) is 12.2 Å². The molecule has 0 unspecified atom stereocenters. The van der Waals surface area contributed by atoms with Gasteiger partial charge in [-0.1, -0.05) is 32.9 Å². The lowest BCUT2D eigenvalue weighted by Gasteiger charge is -2.33. The summed E-state index contributed by atoms with van der Waals surface area (Å²) >= 11 is 0. The second-order valence-electron chi connectivity index (χ2n) is 5.98. The molecule has 0 bridgehead atoms. The maximum atomic E-state index is 12.0. The molecule has 0 spiro atoms. The predicted octanol–water partition coefficient (Wildman–Crippen LogP) is 2.50. The lowest BCUT2D eigenvalue weighted by molar-refractivity contribution is 0.00766. The molecule has 1 aromatic carbocycles. The van der Waals surface area contributed by atoms with E-state index in [1.165, 1.54) is 6.26 Å². The predicted molar refractivity (Wildman–Crippen MR) is 71.8 cm³/mol. The lowest BCUT2D eigenvalue weighted by atomic mass is 9.79. The number of hydrogen-bond acceptors (Lipinski definition) is 3. The van der Waals surface area contributed by atoms with Crippen molar-refractivity contribution in [2.45, 2.75) is 37.0 Å². The highest BCUT2D eigenvalue weighted by molar-refractivity contribution is 7.90. The van der Waals surface area contributed by atoms with Crippen LogP contribution in [0, 0.1) is 0 Å². The fourth-order valence-corrected chi connectivity index (χ4v) is 3.54. The molecule has 100 valence electrons. The summed E-state index contributed by atoms with van der Waals surface area (Å²) < 4.78 is 29.1. The first-order chi connectivity index (χ1) is 8.21. The normalized spacial score (nSPS) is 17.6. The molecule has 4 heteroatoms. The van der Waals surface area contributed by atoms with Gasteiger partial charge in [0.15, 0.2) is 9.84 Å². The monoisotopic (exact) mass is 268 g/mol. The second kappa shape index (κ2) is 4.35. The Kier molecular flexibility index (Phi) is 3.28. The fourth-order valence-electron chi connectivity index (χ4n) is 2.42. The summed E-state index contributed by atoms with van der Waals surface area (Å²) in [6.45, 7) is 7.55. The quantitative estimate of drug-likeness (QED) is 0.827. The van der Waals surface area contributed by atoms with Gasteiger partial charge in [-0.15, -0.1) is 0 Å². The van der Waals surface area contributed by atoms with Gasteiger partial charge >= 0.3 is 0 Å². The van der Waals surface area contributed by atoms with Crippen LogP contribution in [-0.2, 0) is 20.0 Å². The van der Waals surface area contributed by atoms with Crippen LogP contribution in [0.4, 0.5) is 0 Å². The maximum Gasteiger partial charge on any atom is 0.175 e. The van der Waals surface area contributed by atoms with E-state index in [2.05, 4.69) is 20.8 Å². The van der Waals surface area contributed by atoms with Crippen LogP contribution >= 0.6 is 0 Å². The summed E-state index contributed by atoms with van der Waals surface area (Å²) in [6, 6.07) is 5.57. The van der Waals surface area contributed by atoms with Gasteiger partial charge in [0.05, 0.1) is 18.1 Å². The Hall–Kier alpha value is -0.870. The Morgan fingerprint density at radius 2 is 1.83 bits per heavy atom. The third kappa shape index (κ3) is 2.45. The van der Waals surface area contributed by atoms with Gasteiger partial charge in [-0.25, -0.2) is 8.42 Å². The molecule has 2 rings (SSSR count). The highest BCUT2D eigenvalue weighted by Crippen LogP contribution is 2.37. The van der Waals surface area contributed by atoms with Crippen LogP contribution in [0.2, 0.25) is 0 Å². The molecule has 1 aliphatic rings. The molecule has 0 saturated carbocycles. The number of ether oxygens (including phenoxy) is 1. The molecule has 1 heterocycles. The molecule has 1 aromatic rings. The number of hydrogen-bond donors (Lipinski definition) is 0. The van der Waals surface area contributed by atoms with E-state index >= 15 is 0 Å². The molecule has 0 N–H and O–H groups in total. The molecular weight excluding hydrogens is 248 g/mol. The Morgan fingerprint density at radius 3 is 2.22 bits per heavy atom. The van der Waals surface area contributed by atoms with Crippen LogP contribution in [-0.4, -0.2) is 27.9 Å². The average Bonchev–Trinajstić information content (AvgIpc) is 2.11. The van der Waals surface area contributed by atoms with Crippen molar-refractivity contribution >= 4 is 9.84 Å². The summed E-state index contributed by atoms with van der Waals surface area (Å²) in [5.41, 5.74) is 1.88. The van der Waals surface area contributed by atoms with E-state index in [0.29, 0.717) is 24.0 Å². The highest BCUT2D eigenvalue weighted by Gasteiger charge is 2.31. The van der Waals surface area contributed by atoms with Crippen molar-refractivity contribution in [1.82, 2.24) is 0 Å². The van der Waals surface area contributed by atoms with Gasteiger partial charge < -0.3 is 4.74 Å². The largest absolute Gasteiger partial charge is 0.380 e. The maximum absolute atomic E-state index is 12.0. The lowest BCUT2D eigenvalue weighted by Crippen LogP contribution is -2.29. The van der Waals surface area contributed by atoms with Crippen LogP contribution < -0.4 is 0 Å². The zero-order valence-corrected chi connectivity index (χ0v) is 12.2. The minimum atomic E-state index is -3.20. The van der Waals surface area contributed by atoms with Crippen LogP contribution in [0.5, 0.6) is 0 Å². The Morgan fingerprint density at radius 1 is 1.22 bits per heavy atom. The van der Waals surface area contributed by atoms with Crippen molar-refractivity contribution in [3.63, 3.8) is 0 Å². The molecule has 0 amide bonds. The third-order valence-electron chi connectivity index (χ3n) is 3.29. The van der Waals surface area contributed by atoms with E-state index in [-0.39, 0.29) is 5.41 Å². The molecule has 1 aliphatic heterocycles. The van der Waals surface area contributed by atoms with Crippen LogP contribution in [0.3, 0.4) is 0 Å². The fraction of sp³-hybridized carbons (Fsp3) is 0.571. The van der Waals surface area contributed by atoms with Crippen molar-refractivity contribution in [1.29, 1.82) is 0 Å². The van der Waals surface area contributed by atoms with Crippen molar-refractivity contribution in [3.8, 4) is 0 Å². The van der Waals surface area contributed by atoms with Crippen molar-refractivity contribution in [3.05, 3.63) is 29.3 Å². The molecule has 0 aromatic heterocycles. The van der Waals surface area contributed by atoms with Crippen molar-refractivity contribution in [2.75, 3.05) is 19.5 Å². The molecule has 0 aliphatic carbocycles. The molecule has 3 nitrogen and oxygen atoms in total. The smallest absolute Gasteiger partial charge is 0.175 e. The number of sulfone groups is 1. The summed E-state index contributed by atoms with van der Waals surface area (Å²) in [4.78, 5) is 0.458. The summed E-state index contributed by atoms with van der Waals surface area (Å²) in [5, 5.41) is 0. The van der Waals surface area contributed by atoms with E-state index in [1.807, 2.05) is 12.1 Å². The van der Waals surface area contributed by atoms with Gasteiger partial charge in [0.1, 0.15) is 0 Å². The third-order valence-corrected chi connectivity index (χ3v) is 4.42. The van der Waals surface area contributed by atoms with Crippen LogP contribution in [0.25, 0.3) is 0 Å². The summed E-state index contributed by atoms with van der Waals surface area (Å²) in [7, 11) is -3.20. The zero-order valence-electron chi connectivity index (χ0n) is 11.4. The Labute approximate surface area is 109 Å². The van der Waals surface area contributed by atoms with E-state index < -0.39 is 9.84 Å². The zero-order chi connectivity index (χ0) is 13.6. The van der Waals surface area contributed by atoms with Crippen LogP contribution in [0.1, 0.15) is 37.8 Å². The first-order valence-electron chi connectivity index (χ1n) is 6.12. The Bertz CT molecular complexity index is 549. The number of rotatable bonds is 2. The van der Waals surface area contributed by atoms with Gasteiger partial charge in [-0.2, -0.15) is 0 Å².